The molecule has 0 saturated heterocycles. The number of fused-ring (bicyclic) bond motifs is 1. The number of amides is 1. The molecule has 0 bridgehead atoms. The second kappa shape index (κ2) is 8.81. The van der Waals surface area contributed by atoms with E-state index in [2.05, 4.69) is 11.4 Å². The van der Waals surface area contributed by atoms with Crippen molar-refractivity contribution in [3.63, 3.8) is 0 Å². The molecule has 3 aromatic rings. The fourth-order valence-corrected chi connectivity index (χ4v) is 4.00. The lowest BCUT2D eigenvalue weighted by atomic mass is 10.0. The first-order chi connectivity index (χ1) is 15.7. The zero-order chi connectivity index (χ0) is 23.8. The predicted octanol–water partition coefficient (Wildman–Crippen LogP) is 6.96. The summed E-state index contributed by atoms with van der Waals surface area (Å²) in [5, 5.41) is 12.0. The number of halogens is 5. The number of alkyl halides is 3. The molecule has 1 aliphatic heterocycles. The molecular weight excluding hydrogens is 476 g/mol. The van der Waals surface area contributed by atoms with Crippen LogP contribution in [0.25, 0.3) is 11.6 Å². The van der Waals surface area contributed by atoms with Crippen LogP contribution in [0.3, 0.4) is 0 Å². The van der Waals surface area contributed by atoms with E-state index in [1.807, 2.05) is 0 Å². The van der Waals surface area contributed by atoms with Gasteiger partial charge in [-0.2, -0.15) is 18.4 Å². The molecule has 0 fully saturated rings. The smallest absolute Gasteiger partial charge is 0.416 e. The number of ether oxygens (including phenoxy) is 1. The Morgan fingerprint density at radius 1 is 1.06 bits per heavy atom. The van der Waals surface area contributed by atoms with Gasteiger partial charge in [-0.3, -0.25) is 4.79 Å². The van der Waals surface area contributed by atoms with Crippen LogP contribution in [0.15, 0.2) is 54.6 Å². The number of carbonyl (C=O) groups excluding carboxylic acids is 1. The van der Waals surface area contributed by atoms with Gasteiger partial charge in [-0.15, -0.1) is 0 Å². The van der Waals surface area contributed by atoms with E-state index in [1.54, 1.807) is 24.3 Å². The maximum absolute atomic E-state index is 13.0. The Balaban J connectivity index is 1.62. The molecular formula is C24H13Cl2F3N2O2. The first-order valence-electron chi connectivity index (χ1n) is 9.52. The highest BCUT2D eigenvalue weighted by atomic mass is 35.5. The standard InChI is InChI=1S/C24H13Cl2F3N2O2/c25-19-8-13(9-20(26)22(19)33-12-15-4-2-1-3-14(15)11-30)7-18-17-6-5-16(24(27,28)29)10-21(17)31-23(18)32/h1-10H,12H2,(H,31,32)/b18-7-. The number of nitrogens with zero attached hydrogens (tertiary/aromatic N) is 1. The summed E-state index contributed by atoms with van der Waals surface area (Å²) in [4.78, 5) is 12.4. The quantitative estimate of drug-likeness (QED) is 0.404. The Morgan fingerprint density at radius 3 is 2.42 bits per heavy atom. The minimum absolute atomic E-state index is 0.0704. The molecule has 33 heavy (non-hydrogen) atoms. The van der Waals surface area contributed by atoms with E-state index in [0.29, 0.717) is 22.3 Å². The highest BCUT2D eigenvalue weighted by Gasteiger charge is 2.33. The van der Waals surface area contributed by atoms with Crippen molar-refractivity contribution >= 4 is 46.4 Å². The van der Waals surface area contributed by atoms with Gasteiger partial charge in [0.15, 0.2) is 5.75 Å². The van der Waals surface area contributed by atoms with Gasteiger partial charge in [-0.1, -0.05) is 47.5 Å². The number of nitrogens with one attached hydrogen (secondary N) is 1. The maximum Gasteiger partial charge on any atom is 0.416 e. The van der Waals surface area contributed by atoms with Gasteiger partial charge in [0, 0.05) is 22.4 Å². The van der Waals surface area contributed by atoms with Crippen LogP contribution in [0.2, 0.25) is 10.0 Å². The van der Waals surface area contributed by atoms with Crippen molar-refractivity contribution in [2.75, 3.05) is 5.32 Å². The zero-order valence-electron chi connectivity index (χ0n) is 16.6. The third-order valence-electron chi connectivity index (χ3n) is 4.97. The van der Waals surface area contributed by atoms with Crippen LogP contribution in [0.1, 0.15) is 27.8 Å². The zero-order valence-corrected chi connectivity index (χ0v) is 18.1. The number of nitriles is 1. The summed E-state index contributed by atoms with van der Waals surface area (Å²) in [6, 6.07) is 15.1. The Labute approximate surface area is 196 Å². The summed E-state index contributed by atoms with van der Waals surface area (Å²) >= 11 is 12.7. The third kappa shape index (κ3) is 4.68. The predicted molar refractivity (Wildman–Crippen MR) is 120 cm³/mol. The topological polar surface area (TPSA) is 62.1 Å². The van der Waals surface area contributed by atoms with Gasteiger partial charge in [0.05, 0.1) is 27.2 Å². The average molecular weight is 489 g/mol. The van der Waals surface area contributed by atoms with Gasteiger partial charge in [-0.05, 0) is 42.0 Å². The van der Waals surface area contributed by atoms with Crippen molar-refractivity contribution in [1.82, 2.24) is 0 Å². The van der Waals surface area contributed by atoms with Crippen molar-refractivity contribution in [2.24, 2.45) is 0 Å². The summed E-state index contributed by atoms with van der Waals surface area (Å²) in [5.74, 6) is -0.329. The average Bonchev–Trinajstić information content (AvgIpc) is 3.07. The van der Waals surface area contributed by atoms with Crippen LogP contribution >= 0.6 is 23.2 Å². The number of rotatable bonds is 4. The molecule has 1 heterocycles. The van der Waals surface area contributed by atoms with E-state index in [4.69, 9.17) is 27.9 Å². The van der Waals surface area contributed by atoms with Crippen LogP contribution < -0.4 is 10.1 Å². The second-order valence-corrected chi connectivity index (χ2v) is 7.96. The third-order valence-corrected chi connectivity index (χ3v) is 5.53. The van der Waals surface area contributed by atoms with Crippen LogP contribution in [0.5, 0.6) is 5.75 Å². The van der Waals surface area contributed by atoms with Gasteiger partial charge in [0.2, 0.25) is 0 Å². The van der Waals surface area contributed by atoms with Crippen molar-refractivity contribution in [1.29, 1.82) is 5.26 Å². The second-order valence-electron chi connectivity index (χ2n) is 7.14. The molecule has 0 aliphatic carbocycles. The molecule has 4 nitrogen and oxygen atoms in total. The van der Waals surface area contributed by atoms with Crippen LogP contribution in [-0.4, -0.2) is 5.91 Å². The van der Waals surface area contributed by atoms with Gasteiger partial charge < -0.3 is 10.1 Å². The van der Waals surface area contributed by atoms with Gasteiger partial charge in [-0.25, -0.2) is 0 Å². The fourth-order valence-electron chi connectivity index (χ4n) is 3.39. The van der Waals surface area contributed by atoms with Gasteiger partial charge in [0.25, 0.3) is 5.91 Å². The summed E-state index contributed by atoms with van der Waals surface area (Å²) in [5.41, 5.74) is 1.34. The molecule has 3 aromatic carbocycles. The van der Waals surface area contributed by atoms with Gasteiger partial charge in [0.1, 0.15) is 6.61 Å². The monoisotopic (exact) mass is 488 g/mol. The van der Waals surface area contributed by atoms with Gasteiger partial charge >= 0.3 is 6.18 Å². The highest BCUT2D eigenvalue weighted by Crippen LogP contribution is 2.40. The molecule has 0 radical (unpaired) electrons. The summed E-state index contributed by atoms with van der Waals surface area (Å²) in [6.45, 7) is 0.0704. The maximum atomic E-state index is 13.0. The fraction of sp³-hybridized carbons (Fsp3) is 0.0833. The molecule has 0 saturated carbocycles. The lowest BCUT2D eigenvalue weighted by Gasteiger charge is -2.12. The lowest BCUT2D eigenvalue weighted by molar-refractivity contribution is -0.137. The van der Waals surface area contributed by atoms with Crippen molar-refractivity contribution < 1.29 is 22.7 Å². The molecule has 0 unspecified atom stereocenters. The van der Waals surface area contributed by atoms with Crippen molar-refractivity contribution in [2.45, 2.75) is 12.8 Å². The number of carbonyl (C=O) groups is 1. The van der Waals surface area contributed by atoms with Crippen LogP contribution in [0, 0.1) is 11.3 Å². The molecule has 4 rings (SSSR count). The van der Waals surface area contributed by atoms with E-state index in [1.165, 1.54) is 24.3 Å². The molecule has 1 aliphatic rings. The molecule has 0 atom stereocenters. The molecule has 1 amide bonds. The first-order valence-corrected chi connectivity index (χ1v) is 10.3. The number of benzene rings is 3. The Hall–Kier alpha value is -3.47. The van der Waals surface area contributed by atoms with Crippen molar-refractivity contribution in [3.05, 3.63) is 92.5 Å². The number of hydrogen-bond donors (Lipinski definition) is 1. The summed E-state index contributed by atoms with van der Waals surface area (Å²) in [7, 11) is 0. The number of hydrogen-bond acceptors (Lipinski definition) is 3. The summed E-state index contributed by atoms with van der Waals surface area (Å²) < 4.78 is 44.6. The lowest BCUT2D eigenvalue weighted by Crippen LogP contribution is -2.06. The minimum atomic E-state index is -4.52. The molecule has 166 valence electrons. The van der Waals surface area contributed by atoms with E-state index >= 15 is 0 Å². The SMILES string of the molecule is N#Cc1ccccc1COc1c(Cl)cc(/C=C2\C(=O)Nc3cc(C(F)(F)F)ccc32)cc1Cl. The highest BCUT2D eigenvalue weighted by molar-refractivity contribution is 6.38. The Morgan fingerprint density at radius 2 is 1.76 bits per heavy atom. The van der Waals surface area contributed by atoms with Crippen molar-refractivity contribution in [3.8, 4) is 11.8 Å². The first kappa shape index (κ1) is 22.7. The van der Waals surface area contributed by atoms with Crippen LogP contribution in [0.4, 0.5) is 18.9 Å². The van der Waals surface area contributed by atoms with E-state index in [0.717, 1.165) is 12.1 Å². The Bertz CT molecular complexity index is 1320. The van der Waals surface area contributed by atoms with Crippen LogP contribution in [-0.2, 0) is 17.6 Å². The molecule has 1 N–H and O–H groups in total. The molecule has 0 aromatic heterocycles. The summed E-state index contributed by atoms with van der Waals surface area (Å²) in [6.07, 6.45) is -3.03. The Kier molecular flexibility index (Phi) is 6.07. The molecule has 9 heteroatoms. The minimum Gasteiger partial charge on any atom is -0.486 e. The number of anilines is 1. The molecule has 0 spiro atoms. The largest absolute Gasteiger partial charge is 0.486 e. The van der Waals surface area contributed by atoms with E-state index in [9.17, 15) is 23.2 Å². The normalized spacial score (nSPS) is 14.1. The van der Waals surface area contributed by atoms with E-state index < -0.39 is 17.6 Å². The van der Waals surface area contributed by atoms with E-state index in [-0.39, 0.29) is 33.7 Å².